The van der Waals surface area contributed by atoms with E-state index in [1.807, 2.05) is 25.7 Å². The van der Waals surface area contributed by atoms with E-state index in [0.29, 0.717) is 19.0 Å². The summed E-state index contributed by atoms with van der Waals surface area (Å²) in [6.07, 6.45) is 0.480. The highest BCUT2D eigenvalue weighted by molar-refractivity contribution is 5.76. The van der Waals surface area contributed by atoms with Gasteiger partial charge in [0.15, 0.2) is 0 Å². The second kappa shape index (κ2) is 7.28. The predicted molar refractivity (Wildman–Crippen MR) is 81.9 cm³/mol. The minimum Gasteiger partial charge on any atom is -0.359 e. The second-order valence-electron chi connectivity index (χ2n) is 5.39. The first-order chi connectivity index (χ1) is 9.36. The number of carbonyl (C=O) groups excluding carboxylic acids is 1. The molecular formula is C14H27N5O. The van der Waals surface area contributed by atoms with E-state index < -0.39 is 0 Å². The topological polar surface area (TPSA) is 62.2 Å². The molecule has 6 nitrogen and oxygen atoms in total. The smallest absolute Gasteiger partial charge is 0.221 e. The maximum Gasteiger partial charge on any atom is 0.221 e. The fourth-order valence-corrected chi connectivity index (χ4v) is 2.18. The summed E-state index contributed by atoms with van der Waals surface area (Å²) in [6.45, 7) is 7.74. The van der Waals surface area contributed by atoms with Crippen molar-refractivity contribution in [1.82, 2.24) is 20.4 Å². The molecule has 0 saturated carbocycles. The van der Waals surface area contributed by atoms with Crippen LogP contribution in [0.5, 0.6) is 0 Å². The molecule has 0 radical (unpaired) electrons. The molecule has 1 aromatic rings. The summed E-state index contributed by atoms with van der Waals surface area (Å²) < 4.78 is 1.89. The van der Waals surface area contributed by atoms with Gasteiger partial charge in [-0.25, -0.2) is 0 Å². The Labute approximate surface area is 121 Å². The summed E-state index contributed by atoms with van der Waals surface area (Å²) in [5.41, 5.74) is 2.23. The molecule has 1 rings (SSSR count). The van der Waals surface area contributed by atoms with Gasteiger partial charge in [0.2, 0.25) is 5.91 Å². The number of nitrogens with one attached hydrogen (secondary N) is 2. The fraction of sp³-hybridized carbons (Fsp3) is 0.714. The van der Waals surface area contributed by atoms with E-state index in [2.05, 4.69) is 34.5 Å². The molecule has 1 aromatic heterocycles. The summed E-state index contributed by atoms with van der Waals surface area (Å²) in [5, 5.41) is 10.6. The van der Waals surface area contributed by atoms with Crippen molar-refractivity contribution in [2.24, 2.45) is 7.05 Å². The Bertz CT molecular complexity index is 453. The largest absolute Gasteiger partial charge is 0.359 e. The monoisotopic (exact) mass is 281 g/mol. The quantitative estimate of drug-likeness (QED) is 0.776. The van der Waals surface area contributed by atoms with Crippen molar-refractivity contribution < 1.29 is 4.79 Å². The molecule has 1 amide bonds. The zero-order chi connectivity index (χ0) is 15.3. The molecule has 6 heteroatoms. The third-order valence-corrected chi connectivity index (χ3v) is 3.31. The number of hydrogen-bond donors (Lipinski definition) is 2. The summed E-state index contributed by atoms with van der Waals surface area (Å²) in [6, 6.07) is 0.429. The van der Waals surface area contributed by atoms with Gasteiger partial charge >= 0.3 is 0 Å². The SMILES string of the molecule is CNC(=O)CCN(C)c1c(CNC(C)C)c(C)nn1C. The van der Waals surface area contributed by atoms with E-state index in [4.69, 9.17) is 0 Å². The zero-order valence-electron chi connectivity index (χ0n) is 13.4. The third kappa shape index (κ3) is 4.23. The van der Waals surface area contributed by atoms with Crippen molar-refractivity contribution in [2.45, 2.75) is 39.8 Å². The van der Waals surface area contributed by atoms with Crippen LogP contribution in [0.2, 0.25) is 0 Å². The van der Waals surface area contributed by atoms with E-state index in [9.17, 15) is 4.79 Å². The lowest BCUT2D eigenvalue weighted by Gasteiger charge is -2.21. The molecule has 0 aliphatic rings. The van der Waals surface area contributed by atoms with Crippen LogP contribution >= 0.6 is 0 Å². The Morgan fingerprint density at radius 2 is 2.10 bits per heavy atom. The first kappa shape index (κ1) is 16.5. The van der Waals surface area contributed by atoms with Crippen LogP contribution < -0.4 is 15.5 Å². The molecule has 0 aliphatic carbocycles. The molecule has 20 heavy (non-hydrogen) atoms. The van der Waals surface area contributed by atoms with Gasteiger partial charge in [-0.15, -0.1) is 0 Å². The molecule has 0 saturated heterocycles. The molecule has 0 spiro atoms. The molecule has 0 fully saturated rings. The molecule has 114 valence electrons. The van der Waals surface area contributed by atoms with E-state index in [0.717, 1.165) is 18.1 Å². The van der Waals surface area contributed by atoms with Crippen molar-refractivity contribution in [2.75, 3.05) is 25.5 Å². The highest BCUT2D eigenvalue weighted by Gasteiger charge is 2.17. The number of aryl methyl sites for hydroxylation is 2. The molecule has 2 N–H and O–H groups in total. The lowest BCUT2D eigenvalue weighted by Crippen LogP contribution is -2.29. The fourth-order valence-electron chi connectivity index (χ4n) is 2.18. The average Bonchev–Trinajstić information content (AvgIpc) is 2.67. The Morgan fingerprint density at radius 3 is 2.65 bits per heavy atom. The lowest BCUT2D eigenvalue weighted by atomic mass is 10.2. The van der Waals surface area contributed by atoms with Crippen molar-refractivity contribution in [3.8, 4) is 0 Å². The number of anilines is 1. The normalized spacial score (nSPS) is 10.9. The predicted octanol–water partition coefficient (Wildman–Crippen LogP) is 0.799. The van der Waals surface area contributed by atoms with Crippen LogP contribution in [-0.4, -0.2) is 42.4 Å². The third-order valence-electron chi connectivity index (χ3n) is 3.31. The maximum atomic E-state index is 11.4. The van der Waals surface area contributed by atoms with Crippen LogP contribution in [0.1, 0.15) is 31.5 Å². The standard InChI is InChI=1S/C14H27N5O/c1-10(2)16-9-12-11(3)17-19(6)14(12)18(5)8-7-13(20)15-4/h10,16H,7-9H2,1-6H3,(H,15,20). The zero-order valence-corrected chi connectivity index (χ0v) is 13.4. The summed E-state index contributed by atoms with van der Waals surface area (Å²) in [4.78, 5) is 13.5. The minimum absolute atomic E-state index is 0.0533. The Hall–Kier alpha value is -1.56. The minimum atomic E-state index is 0.0533. The first-order valence-corrected chi connectivity index (χ1v) is 7.04. The average molecular weight is 281 g/mol. The van der Waals surface area contributed by atoms with Crippen LogP contribution in [0.3, 0.4) is 0 Å². The van der Waals surface area contributed by atoms with E-state index in [-0.39, 0.29) is 5.91 Å². The van der Waals surface area contributed by atoms with Crippen molar-refractivity contribution >= 4 is 11.7 Å². The lowest BCUT2D eigenvalue weighted by molar-refractivity contribution is -0.120. The van der Waals surface area contributed by atoms with Crippen molar-refractivity contribution in [1.29, 1.82) is 0 Å². The van der Waals surface area contributed by atoms with E-state index in [1.165, 1.54) is 5.56 Å². The molecule has 0 unspecified atom stereocenters. The number of nitrogens with zero attached hydrogens (tertiary/aromatic N) is 3. The summed E-state index contributed by atoms with van der Waals surface area (Å²) >= 11 is 0. The van der Waals surface area contributed by atoms with Gasteiger partial charge in [-0.1, -0.05) is 13.8 Å². The van der Waals surface area contributed by atoms with Gasteiger partial charge in [0.05, 0.1) is 5.69 Å². The van der Waals surface area contributed by atoms with Gasteiger partial charge in [0, 0.05) is 52.3 Å². The van der Waals surface area contributed by atoms with Crippen LogP contribution in [0.25, 0.3) is 0 Å². The van der Waals surface area contributed by atoms with Gasteiger partial charge < -0.3 is 15.5 Å². The Morgan fingerprint density at radius 1 is 1.45 bits per heavy atom. The van der Waals surface area contributed by atoms with Gasteiger partial charge in [-0.2, -0.15) is 5.10 Å². The van der Waals surface area contributed by atoms with Crippen LogP contribution in [0.4, 0.5) is 5.82 Å². The number of carbonyl (C=O) groups is 1. The number of rotatable bonds is 7. The van der Waals surface area contributed by atoms with Crippen molar-refractivity contribution in [3.63, 3.8) is 0 Å². The van der Waals surface area contributed by atoms with E-state index >= 15 is 0 Å². The van der Waals surface area contributed by atoms with Gasteiger partial charge in [-0.05, 0) is 6.92 Å². The Balaban J connectivity index is 2.83. The van der Waals surface area contributed by atoms with Crippen LogP contribution in [0, 0.1) is 6.92 Å². The second-order valence-corrected chi connectivity index (χ2v) is 5.39. The molecule has 0 atom stereocenters. The van der Waals surface area contributed by atoms with Crippen molar-refractivity contribution in [3.05, 3.63) is 11.3 Å². The molecule has 0 aliphatic heterocycles. The maximum absolute atomic E-state index is 11.4. The van der Waals surface area contributed by atoms with Crippen LogP contribution in [0.15, 0.2) is 0 Å². The number of hydrogen-bond acceptors (Lipinski definition) is 4. The van der Waals surface area contributed by atoms with Crippen LogP contribution in [-0.2, 0) is 18.4 Å². The molecule has 1 heterocycles. The van der Waals surface area contributed by atoms with Gasteiger partial charge in [0.25, 0.3) is 0 Å². The summed E-state index contributed by atoms with van der Waals surface area (Å²) in [5.74, 6) is 1.12. The first-order valence-electron chi connectivity index (χ1n) is 7.04. The molecule has 0 bridgehead atoms. The molecular weight excluding hydrogens is 254 g/mol. The number of aromatic nitrogens is 2. The van der Waals surface area contributed by atoms with Gasteiger partial charge in [0.1, 0.15) is 5.82 Å². The number of amides is 1. The molecule has 0 aromatic carbocycles. The highest BCUT2D eigenvalue weighted by Crippen LogP contribution is 2.22. The Kier molecular flexibility index (Phi) is 6.01. The van der Waals surface area contributed by atoms with Gasteiger partial charge in [-0.3, -0.25) is 9.48 Å². The van der Waals surface area contributed by atoms with E-state index in [1.54, 1.807) is 7.05 Å². The summed E-state index contributed by atoms with van der Waals surface area (Å²) in [7, 11) is 5.60. The highest BCUT2D eigenvalue weighted by atomic mass is 16.1.